The van der Waals surface area contributed by atoms with E-state index in [4.69, 9.17) is 5.73 Å². The fourth-order valence-electron chi connectivity index (χ4n) is 3.69. The van der Waals surface area contributed by atoms with Gasteiger partial charge in [0.15, 0.2) is 5.13 Å². The highest BCUT2D eigenvalue weighted by atomic mass is 32.1. The van der Waals surface area contributed by atoms with Crippen LogP contribution >= 0.6 is 11.3 Å². The molecule has 0 aliphatic carbocycles. The maximum Gasteiger partial charge on any atom is 0.315 e. The van der Waals surface area contributed by atoms with E-state index < -0.39 is 22.9 Å². The van der Waals surface area contributed by atoms with Gasteiger partial charge in [-0.1, -0.05) is 0 Å². The molecule has 0 spiro atoms. The molecule has 0 unspecified atom stereocenters. The standard InChI is InChI=1S/C16H26N4O2S/c1-9-10(2)23-14(18-9)19-12(21)13(22)20-15(3,4)7-11(17)8-16(20,5)6/h11H,7-8,17H2,1-6H3,(H,18,19,21). The molecule has 0 saturated carbocycles. The second-order valence-corrected chi connectivity index (χ2v) is 8.75. The van der Waals surface area contributed by atoms with E-state index in [1.54, 1.807) is 4.90 Å². The van der Waals surface area contributed by atoms with Crippen molar-refractivity contribution in [3.05, 3.63) is 10.6 Å². The lowest BCUT2D eigenvalue weighted by molar-refractivity contribution is -0.156. The number of likely N-dealkylation sites (tertiary alicyclic amines) is 1. The smallest absolute Gasteiger partial charge is 0.315 e. The maximum absolute atomic E-state index is 12.8. The molecular formula is C16H26N4O2S. The number of nitrogens with two attached hydrogens (primary N) is 1. The number of carbonyl (C=O) groups is 2. The summed E-state index contributed by atoms with van der Waals surface area (Å²) in [5.74, 6) is -1.17. The lowest BCUT2D eigenvalue weighted by Crippen LogP contribution is -2.66. The van der Waals surface area contributed by atoms with Crippen LogP contribution < -0.4 is 11.1 Å². The minimum absolute atomic E-state index is 0.0244. The first kappa shape index (κ1) is 17.9. The molecule has 3 N–H and O–H groups in total. The van der Waals surface area contributed by atoms with E-state index in [0.29, 0.717) is 18.0 Å². The van der Waals surface area contributed by atoms with E-state index in [0.717, 1.165) is 10.6 Å². The van der Waals surface area contributed by atoms with Crippen LogP contribution in [0.5, 0.6) is 0 Å². The largest absolute Gasteiger partial charge is 0.328 e. The van der Waals surface area contributed by atoms with E-state index in [1.807, 2.05) is 41.5 Å². The fourth-order valence-corrected chi connectivity index (χ4v) is 4.50. The molecule has 0 bridgehead atoms. The minimum Gasteiger partial charge on any atom is -0.328 e. The molecule has 0 aromatic carbocycles. The van der Waals surface area contributed by atoms with Crippen LogP contribution in [-0.4, -0.2) is 38.8 Å². The van der Waals surface area contributed by atoms with E-state index in [1.165, 1.54) is 11.3 Å². The summed E-state index contributed by atoms with van der Waals surface area (Å²) in [6, 6.07) is 0.0244. The van der Waals surface area contributed by atoms with Crippen LogP contribution in [0.3, 0.4) is 0 Å². The van der Waals surface area contributed by atoms with Crippen molar-refractivity contribution in [3.8, 4) is 0 Å². The van der Waals surface area contributed by atoms with Crippen LogP contribution in [0.15, 0.2) is 0 Å². The highest BCUT2D eigenvalue weighted by Crippen LogP contribution is 2.38. The Morgan fingerprint density at radius 2 is 1.74 bits per heavy atom. The molecule has 1 saturated heterocycles. The Bertz CT molecular complexity index is 599. The summed E-state index contributed by atoms with van der Waals surface area (Å²) in [5, 5.41) is 3.09. The highest BCUT2D eigenvalue weighted by Gasteiger charge is 2.48. The molecule has 1 fully saturated rings. The summed E-state index contributed by atoms with van der Waals surface area (Å²) in [7, 11) is 0. The number of carbonyl (C=O) groups excluding carboxylic acids is 2. The van der Waals surface area contributed by atoms with Gasteiger partial charge in [-0.3, -0.25) is 14.9 Å². The van der Waals surface area contributed by atoms with Gasteiger partial charge in [-0.05, 0) is 54.4 Å². The summed E-state index contributed by atoms with van der Waals surface area (Å²) < 4.78 is 0. The van der Waals surface area contributed by atoms with Crippen molar-refractivity contribution in [1.82, 2.24) is 9.88 Å². The number of amides is 2. The first-order chi connectivity index (χ1) is 10.4. The first-order valence-electron chi connectivity index (χ1n) is 7.79. The number of nitrogens with zero attached hydrogens (tertiary/aromatic N) is 2. The second-order valence-electron chi connectivity index (χ2n) is 7.55. The average molecular weight is 338 g/mol. The molecule has 1 aromatic rings. The van der Waals surface area contributed by atoms with Crippen LogP contribution in [0.2, 0.25) is 0 Å². The molecule has 1 aliphatic heterocycles. The van der Waals surface area contributed by atoms with Crippen molar-refractivity contribution in [1.29, 1.82) is 0 Å². The molecule has 1 aromatic heterocycles. The van der Waals surface area contributed by atoms with Crippen molar-refractivity contribution in [2.45, 2.75) is 71.5 Å². The van der Waals surface area contributed by atoms with Gasteiger partial charge in [-0.2, -0.15) is 0 Å². The Kier molecular flexibility index (Phi) is 4.56. The number of anilines is 1. The molecule has 2 rings (SSSR count). The molecular weight excluding hydrogens is 312 g/mol. The topological polar surface area (TPSA) is 88.3 Å². The molecule has 7 heteroatoms. The van der Waals surface area contributed by atoms with Crippen LogP contribution in [0, 0.1) is 13.8 Å². The lowest BCUT2D eigenvalue weighted by atomic mass is 9.77. The van der Waals surface area contributed by atoms with E-state index in [2.05, 4.69) is 10.3 Å². The number of aromatic nitrogens is 1. The number of nitrogens with one attached hydrogen (secondary N) is 1. The summed E-state index contributed by atoms with van der Waals surface area (Å²) >= 11 is 1.37. The molecule has 2 amide bonds. The van der Waals surface area contributed by atoms with Gasteiger partial charge in [-0.15, -0.1) is 11.3 Å². The van der Waals surface area contributed by atoms with E-state index in [9.17, 15) is 9.59 Å². The molecule has 1 aliphatic rings. The number of piperidine rings is 1. The Morgan fingerprint density at radius 1 is 1.22 bits per heavy atom. The zero-order valence-electron chi connectivity index (χ0n) is 14.7. The maximum atomic E-state index is 12.8. The van der Waals surface area contributed by atoms with Gasteiger partial charge in [0.25, 0.3) is 0 Å². The number of aryl methyl sites for hydroxylation is 2. The van der Waals surface area contributed by atoms with Crippen molar-refractivity contribution < 1.29 is 9.59 Å². The molecule has 2 heterocycles. The van der Waals surface area contributed by atoms with Gasteiger partial charge < -0.3 is 10.6 Å². The van der Waals surface area contributed by atoms with Crippen molar-refractivity contribution in [2.75, 3.05) is 5.32 Å². The third-order valence-corrected chi connectivity index (χ3v) is 5.37. The number of rotatable bonds is 1. The Labute approximate surface area is 141 Å². The lowest BCUT2D eigenvalue weighted by Gasteiger charge is -2.54. The van der Waals surface area contributed by atoms with Gasteiger partial charge in [0, 0.05) is 22.0 Å². The van der Waals surface area contributed by atoms with Crippen molar-refractivity contribution in [2.24, 2.45) is 5.73 Å². The Balaban J connectivity index is 2.21. The molecule has 128 valence electrons. The van der Waals surface area contributed by atoms with Gasteiger partial charge in [0.2, 0.25) is 0 Å². The average Bonchev–Trinajstić information content (AvgIpc) is 2.64. The number of thiazole rings is 1. The molecule has 0 atom stereocenters. The first-order valence-corrected chi connectivity index (χ1v) is 8.61. The number of hydrogen-bond donors (Lipinski definition) is 2. The monoisotopic (exact) mass is 338 g/mol. The molecule has 0 radical (unpaired) electrons. The van der Waals surface area contributed by atoms with E-state index in [-0.39, 0.29) is 6.04 Å². The zero-order chi connectivity index (χ0) is 17.6. The van der Waals surface area contributed by atoms with Crippen LogP contribution in [-0.2, 0) is 9.59 Å². The normalized spacial score (nSPS) is 20.4. The van der Waals surface area contributed by atoms with Gasteiger partial charge in [0.05, 0.1) is 5.69 Å². The highest BCUT2D eigenvalue weighted by molar-refractivity contribution is 7.15. The summed E-state index contributed by atoms with van der Waals surface area (Å²) in [5.41, 5.74) is 6.05. The molecule has 6 nitrogen and oxygen atoms in total. The van der Waals surface area contributed by atoms with Crippen LogP contribution in [0.4, 0.5) is 5.13 Å². The van der Waals surface area contributed by atoms with Gasteiger partial charge >= 0.3 is 11.8 Å². The SMILES string of the molecule is Cc1nc(NC(=O)C(=O)N2C(C)(C)CC(N)CC2(C)C)sc1C. The number of hydrogen-bond acceptors (Lipinski definition) is 5. The second kappa shape index (κ2) is 5.87. The molecule has 23 heavy (non-hydrogen) atoms. The zero-order valence-corrected chi connectivity index (χ0v) is 15.5. The predicted molar refractivity (Wildman–Crippen MR) is 92.4 cm³/mol. The quantitative estimate of drug-likeness (QED) is 0.768. The minimum atomic E-state index is -0.643. The van der Waals surface area contributed by atoms with Crippen LogP contribution in [0.25, 0.3) is 0 Å². The van der Waals surface area contributed by atoms with Gasteiger partial charge in [0.1, 0.15) is 0 Å². The predicted octanol–water partition coefficient (Wildman–Crippen LogP) is 2.21. The van der Waals surface area contributed by atoms with E-state index >= 15 is 0 Å². The third-order valence-electron chi connectivity index (χ3n) is 4.38. The van der Waals surface area contributed by atoms with Gasteiger partial charge in [-0.25, -0.2) is 4.98 Å². The summed E-state index contributed by atoms with van der Waals surface area (Å²) in [6.07, 6.45) is 1.34. The van der Waals surface area contributed by atoms with Crippen molar-refractivity contribution in [3.63, 3.8) is 0 Å². The summed E-state index contributed by atoms with van der Waals surface area (Å²) in [4.78, 5) is 32.2. The van der Waals surface area contributed by atoms with Crippen LogP contribution in [0.1, 0.15) is 51.1 Å². The summed E-state index contributed by atoms with van der Waals surface area (Å²) in [6.45, 7) is 11.6. The Hall–Kier alpha value is -1.47. The Morgan fingerprint density at radius 3 is 2.17 bits per heavy atom. The van der Waals surface area contributed by atoms with Crippen molar-refractivity contribution >= 4 is 28.3 Å². The third kappa shape index (κ3) is 3.55. The fraction of sp³-hybridized carbons (Fsp3) is 0.688.